The highest BCUT2D eigenvalue weighted by atomic mass is 79.9. The van der Waals surface area contributed by atoms with Crippen molar-refractivity contribution < 1.29 is 0 Å². The first kappa shape index (κ1) is 13.8. The average molecular weight is 324 g/mol. The van der Waals surface area contributed by atoms with Gasteiger partial charge in [-0.25, -0.2) is 0 Å². The fraction of sp³-hybridized carbons (Fsp3) is 0.333. The van der Waals surface area contributed by atoms with Crippen LogP contribution in [0.15, 0.2) is 22.7 Å². The molecule has 0 aliphatic carbocycles. The zero-order chi connectivity index (χ0) is 13.4. The molecular formula is C15H18BrNS. The molecule has 1 nitrogen and oxygen atoms in total. The van der Waals surface area contributed by atoms with Crippen molar-refractivity contribution in [2.75, 3.05) is 0 Å². The zero-order valence-electron chi connectivity index (χ0n) is 11.2. The molecule has 0 spiro atoms. The van der Waals surface area contributed by atoms with Gasteiger partial charge >= 0.3 is 0 Å². The Kier molecular flexibility index (Phi) is 3.95. The summed E-state index contributed by atoms with van der Waals surface area (Å²) in [5.74, 6) is 0. The van der Waals surface area contributed by atoms with Gasteiger partial charge in [0.25, 0.3) is 0 Å². The van der Waals surface area contributed by atoms with Crippen LogP contribution in [0, 0.1) is 27.7 Å². The molecular weight excluding hydrogens is 306 g/mol. The van der Waals surface area contributed by atoms with Crippen molar-refractivity contribution in [2.24, 2.45) is 5.73 Å². The van der Waals surface area contributed by atoms with Crippen LogP contribution in [-0.4, -0.2) is 0 Å². The van der Waals surface area contributed by atoms with Crippen LogP contribution in [0.5, 0.6) is 0 Å². The van der Waals surface area contributed by atoms with E-state index >= 15 is 0 Å². The van der Waals surface area contributed by atoms with E-state index in [1.165, 1.54) is 32.0 Å². The van der Waals surface area contributed by atoms with Crippen molar-refractivity contribution in [1.29, 1.82) is 0 Å². The standard InChI is InChI=1S/C15H18BrNS/c1-8-7-14(18-11(8)4)15(17)12-5-10(3)13(16)6-9(12)2/h5-7,15H,17H2,1-4H3. The lowest BCUT2D eigenvalue weighted by atomic mass is 9.98. The Bertz CT molecular complexity index is 567. The third kappa shape index (κ3) is 2.53. The molecule has 1 heterocycles. The van der Waals surface area contributed by atoms with Gasteiger partial charge in [-0.15, -0.1) is 11.3 Å². The minimum atomic E-state index is -0.0193. The van der Waals surface area contributed by atoms with E-state index in [0.717, 1.165) is 4.47 Å². The molecule has 3 heteroatoms. The third-order valence-electron chi connectivity index (χ3n) is 3.37. The molecule has 0 fully saturated rings. The number of hydrogen-bond donors (Lipinski definition) is 1. The lowest BCUT2D eigenvalue weighted by molar-refractivity contribution is 0.878. The van der Waals surface area contributed by atoms with E-state index in [0.29, 0.717) is 0 Å². The molecule has 0 amide bonds. The molecule has 2 aromatic rings. The van der Waals surface area contributed by atoms with Crippen molar-refractivity contribution in [1.82, 2.24) is 0 Å². The Morgan fingerprint density at radius 1 is 1.00 bits per heavy atom. The molecule has 0 saturated carbocycles. The number of thiophene rings is 1. The zero-order valence-corrected chi connectivity index (χ0v) is 13.6. The molecule has 0 saturated heterocycles. The summed E-state index contributed by atoms with van der Waals surface area (Å²) in [4.78, 5) is 2.60. The maximum Gasteiger partial charge on any atom is 0.0648 e. The number of hydrogen-bond acceptors (Lipinski definition) is 2. The quantitative estimate of drug-likeness (QED) is 0.844. The van der Waals surface area contributed by atoms with Crippen LogP contribution >= 0.6 is 27.3 Å². The Morgan fingerprint density at radius 3 is 2.22 bits per heavy atom. The van der Waals surface area contributed by atoms with Crippen LogP contribution in [0.1, 0.15) is 38.0 Å². The Balaban J connectivity index is 2.45. The molecule has 2 N–H and O–H groups in total. The van der Waals surface area contributed by atoms with Gasteiger partial charge < -0.3 is 5.73 Å². The molecule has 0 aliphatic heterocycles. The van der Waals surface area contributed by atoms with Crippen LogP contribution < -0.4 is 5.73 Å². The molecule has 1 unspecified atom stereocenters. The van der Waals surface area contributed by atoms with Crippen LogP contribution in [-0.2, 0) is 0 Å². The second kappa shape index (κ2) is 5.16. The average Bonchev–Trinajstić information content (AvgIpc) is 2.63. The van der Waals surface area contributed by atoms with Crippen molar-refractivity contribution in [3.05, 3.63) is 54.7 Å². The number of aryl methyl sites for hydroxylation is 4. The van der Waals surface area contributed by atoms with Crippen molar-refractivity contribution >= 4 is 27.3 Å². The molecule has 0 radical (unpaired) electrons. The Hall–Kier alpha value is -0.640. The lowest BCUT2D eigenvalue weighted by Gasteiger charge is -2.15. The van der Waals surface area contributed by atoms with Gasteiger partial charge in [-0.05, 0) is 62.1 Å². The van der Waals surface area contributed by atoms with Crippen molar-refractivity contribution in [3.63, 3.8) is 0 Å². The highest BCUT2D eigenvalue weighted by molar-refractivity contribution is 9.10. The molecule has 1 aromatic carbocycles. The van der Waals surface area contributed by atoms with Crippen molar-refractivity contribution in [2.45, 2.75) is 33.7 Å². The van der Waals surface area contributed by atoms with E-state index in [-0.39, 0.29) is 6.04 Å². The van der Waals surface area contributed by atoms with E-state index in [4.69, 9.17) is 5.73 Å². The number of nitrogens with two attached hydrogens (primary N) is 1. The molecule has 1 atom stereocenters. The van der Waals surface area contributed by atoms with Gasteiger partial charge in [0.2, 0.25) is 0 Å². The monoisotopic (exact) mass is 323 g/mol. The molecule has 0 aliphatic rings. The van der Waals surface area contributed by atoms with Gasteiger partial charge in [0.05, 0.1) is 6.04 Å². The van der Waals surface area contributed by atoms with Gasteiger partial charge in [0, 0.05) is 14.2 Å². The molecule has 2 rings (SSSR count). The Labute approximate surface area is 121 Å². The second-order valence-corrected chi connectivity index (χ2v) is 6.97. The number of rotatable bonds is 2. The lowest BCUT2D eigenvalue weighted by Crippen LogP contribution is -2.12. The highest BCUT2D eigenvalue weighted by Gasteiger charge is 2.15. The predicted molar refractivity (Wildman–Crippen MR) is 83.4 cm³/mol. The summed E-state index contributed by atoms with van der Waals surface area (Å²) >= 11 is 5.36. The summed E-state index contributed by atoms with van der Waals surface area (Å²) in [7, 11) is 0. The summed E-state index contributed by atoms with van der Waals surface area (Å²) in [5.41, 5.74) is 11.4. The maximum absolute atomic E-state index is 6.41. The van der Waals surface area contributed by atoms with Crippen LogP contribution in [0.3, 0.4) is 0 Å². The smallest absolute Gasteiger partial charge is 0.0648 e. The van der Waals surface area contributed by atoms with E-state index in [1.807, 2.05) is 0 Å². The van der Waals surface area contributed by atoms with Crippen LogP contribution in [0.25, 0.3) is 0 Å². The first-order valence-corrected chi connectivity index (χ1v) is 7.60. The van der Waals surface area contributed by atoms with Crippen molar-refractivity contribution in [3.8, 4) is 0 Å². The topological polar surface area (TPSA) is 26.0 Å². The van der Waals surface area contributed by atoms with Gasteiger partial charge in [-0.2, -0.15) is 0 Å². The molecule has 0 bridgehead atoms. The van der Waals surface area contributed by atoms with E-state index in [9.17, 15) is 0 Å². The number of benzene rings is 1. The fourth-order valence-corrected chi connectivity index (χ4v) is 3.57. The first-order valence-electron chi connectivity index (χ1n) is 5.99. The summed E-state index contributed by atoms with van der Waals surface area (Å²) < 4.78 is 1.15. The fourth-order valence-electron chi connectivity index (χ4n) is 2.05. The largest absolute Gasteiger partial charge is 0.320 e. The van der Waals surface area contributed by atoms with Gasteiger partial charge in [-0.1, -0.05) is 22.0 Å². The SMILES string of the molecule is Cc1cc(C(N)c2cc(C)c(C)s2)c(C)cc1Br. The minimum absolute atomic E-state index is 0.0193. The van der Waals surface area contributed by atoms with E-state index < -0.39 is 0 Å². The van der Waals surface area contributed by atoms with E-state index in [1.54, 1.807) is 11.3 Å². The Morgan fingerprint density at radius 2 is 1.67 bits per heavy atom. The van der Waals surface area contributed by atoms with E-state index in [2.05, 4.69) is 61.8 Å². The normalized spacial score (nSPS) is 12.8. The summed E-state index contributed by atoms with van der Waals surface area (Å²) in [6.07, 6.45) is 0. The third-order valence-corrected chi connectivity index (χ3v) is 5.46. The van der Waals surface area contributed by atoms with Gasteiger partial charge in [0.1, 0.15) is 0 Å². The van der Waals surface area contributed by atoms with Gasteiger partial charge in [-0.3, -0.25) is 0 Å². The second-order valence-electron chi connectivity index (χ2n) is 4.82. The minimum Gasteiger partial charge on any atom is -0.320 e. The maximum atomic E-state index is 6.41. The van der Waals surface area contributed by atoms with Crippen LogP contribution in [0.2, 0.25) is 0 Å². The summed E-state index contributed by atoms with van der Waals surface area (Å²) in [6.45, 7) is 8.51. The van der Waals surface area contributed by atoms with Crippen LogP contribution in [0.4, 0.5) is 0 Å². The molecule has 1 aromatic heterocycles. The predicted octanol–water partition coefficient (Wildman–Crippen LogP) is 4.79. The summed E-state index contributed by atoms with van der Waals surface area (Å²) in [6, 6.07) is 6.53. The highest BCUT2D eigenvalue weighted by Crippen LogP contribution is 2.32. The summed E-state index contributed by atoms with van der Waals surface area (Å²) in [5, 5.41) is 0. The molecule has 96 valence electrons. The first-order chi connectivity index (χ1) is 8.40. The molecule has 18 heavy (non-hydrogen) atoms. The van der Waals surface area contributed by atoms with Gasteiger partial charge in [0.15, 0.2) is 0 Å². The number of halogens is 1.